The molecule has 0 heterocycles. The summed E-state index contributed by atoms with van der Waals surface area (Å²) in [5.74, 6) is 4.35. The average molecular weight is 477 g/mol. The lowest BCUT2D eigenvalue weighted by atomic mass is 10.1. The summed E-state index contributed by atoms with van der Waals surface area (Å²) in [4.78, 5) is 40.2. The standard InChI is InChI=1S/C27H32N4O4/c1-3-4-16-23(26(33)30-28)29-25(32)19(2)31(27(34)35-18-20-11-6-5-7-12-20)24-17-10-14-21-13-8-9-15-22(21)24/h5-15,17,19,23H,3-4,16,18,28H2,1-2H3,(H,29,32)(H,30,33)/t19-,23-/m0/s1. The van der Waals surface area contributed by atoms with Crippen LogP contribution in [-0.4, -0.2) is 30.0 Å². The topological polar surface area (TPSA) is 114 Å². The molecule has 0 unspecified atom stereocenters. The molecule has 0 radical (unpaired) electrons. The molecular formula is C27H32N4O4. The summed E-state index contributed by atoms with van der Waals surface area (Å²) < 4.78 is 5.61. The Kier molecular flexibility index (Phi) is 9.20. The molecule has 3 amide bonds. The highest BCUT2D eigenvalue weighted by atomic mass is 16.6. The van der Waals surface area contributed by atoms with Gasteiger partial charge in [0, 0.05) is 5.39 Å². The van der Waals surface area contributed by atoms with Crippen molar-refractivity contribution in [3.05, 3.63) is 78.4 Å². The number of unbranched alkanes of at least 4 members (excludes halogenated alkanes) is 1. The highest BCUT2D eigenvalue weighted by Crippen LogP contribution is 2.29. The number of fused-ring (bicyclic) bond motifs is 1. The first-order chi connectivity index (χ1) is 17.0. The number of ether oxygens (including phenoxy) is 1. The van der Waals surface area contributed by atoms with Crippen molar-refractivity contribution in [1.29, 1.82) is 0 Å². The molecule has 0 aromatic heterocycles. The number of carbonyl (C=O) groups is 3. The minimum atomic E-state index is -0.959. The Labute approximate surface area is 205 Å². The quantitative estimate of drug-likeness (QED) is 0.232. The number of nitrogens with two attached hydrogens (primary N) is 1. The van der Waals surface area contributed by atoms with Gasteiger partial charge in [-0.3, -0.25) is 19.9 Å². The summed E-state index contributed by atoms with van der Waals surface area (Å²) in [7, 11) is 0. The highest BCUT2D eigenvalue weighted by Gasteiger charge is 2.32. The summed E-state index contributed by atoms with van der Waals surface area (Å²) in [6.07, 6.45) is 1.36. The van der Waals surface area contributed by atoms with Gasteiger partial charge in [0.05, 0.1) is 5.69 Å². The molecule has 184 valence electrons. The van der Waals surface area contributed by atoms with E-state index in [1.165, 1.54) is 4.90 Å². The van der Waals surface area contributed by atoms with E-state index in [4.69, 9.17) is 10.6 Å². The number of hydrogen-bond donors (Lipinski definition) is 3. The summed E-state index contributed by atoms with van der Waals surface area (Å²) in [6, 6.07) is 20.7. The van der Waals surface area contributed by atoms with E-state index in [-0.39, 0.29) is 6.61 Å². The molecule has 0 aliphatic heterocycles. The lowest BCUT2D eigenvalue weighted by Crippen LogP contribution is -2.55. The molecule has 0 bridgehead atoms. The van der Waals surface area contributed by atoms with Gasteiger partial charge < -0.3 is 10.1 Å². The van der Waals surface area contributed by atoms with Crippen LogP contribution in [0.5, 0.6) is 0 Å². The smallest absolute Gasteiger partial charge is 0.415 e. The zero-order valence-corrected chi connectivity index (χ0v) is 20.1. The van der Waals surface area contributed by atoms with E-state index >= 15 is 0 Å². The number of nitrogens with zero attached hydrogens (tertiary/aromatic N) is 1. The largest absolute Gasteiger partial charge is 0.444 e. The first-order valence-corrected chi connectivity index (χ1v) is 11.7. The van der Waals surface area contributed by atoms with Crippen molar-refractivity contribution < 1.29 is 19.1 Å². The van der Waals surface area contributed by atoms with Crippen LogP contribution < -0.4 is 21.5 Å². The molecular weight excluding hydrogens is 444 g/mol. The maximum absolute atomic E-state index is 13.4. The Bertz CT molecular complexity index is 1150. The SMILES string of the molecule is CCCC[C@H](NC(=O)[C@H](C)N(C(=O)OCc1ccccc1)c1cccc2ccccc12)C(=O)NN. The Morgan fingerprint density at radius 2 is 1.63 bits per heavy atom. The fourth-order valence-corrected chi connectivity index (χ4v) is 3.86. The molecule has 8 heteroatoms. The molecule has 0 aliphatic rings. The Balaban J connectivity index is 1.91. The first-order valence-electron chi connectivity index (χ1n) is 11.7. The molecule has 0 fully saturated rings. The monoisotopic (exact) mass is 476 g/mol. The number of nitrogens with one attached hydrogen (secondary N) is 2. The van der Waals surface area contributed by atoms with Crippen LogP contribution in [0.2, 0.25) is 0 Å². The third-order valence-electron chi connectivity index (χ3n) is 5.82. The maximum Gasteiger partial charge on any atom is 0.415 e. The number of benzene rings is 3. The maximum atomic E-state index is 13.4. The number of amides is 3. The van der Waals surface area contributed by atoms with E-state index in [0.29, 0.717) is 12.1 Å². The van der Waals surface area contributed by atoms with E-state index in [1.807, 2.05) is 73.7 Å². The molecule has 0 spiro atoms. The van der Waals surface area contributed by atoms with E-state index in [2.05, 4.69) is 10.7 Å². The van der Waals surface area contributed by atoms with Gasteiger partial charge in [0.1, 0.15) is 18.7 Å². The third kappa shape index (κ3) is 6.58. The normalized spacial score (nSPS) is 12.4. The Morgan fingerprint density at radius 1 is 0.943 bits per heavy atom. The Morgan fingerprint density at radius 3 is 2.34 bits per heavy atom. The molecule has 0 saturated heterocycles. The van der Waals surface area contributed by atoms with Crippen LogP contribution in [0.4, 0.5) is 10.5 Å². The fourth-order valence-electron chi connectivity index (χ4n) is 3.86. The number of rotatable bonds is 10. The first kappa shape index (κ1) is 25.7. The molecule has 3 aromatic rings. The number of anilines is 1. The molecule has 4 N–H and O–H groups in total. The average Bonchev–Trinajstić information content (AvgIpc) is 2.90. The van der Waals surface area contributed by atoms with Crippen LogP contribution >= 0.6 is 0 Å². The van der Waals surface area contributed by atoms with Crippen molar-refractivity contribution in [1.82, 2.24) is 10.7 Å². The molecule has 8 nitrogen and oxygen atoms in total. The second-order valence-corrected chi connectivity index (χ2v) is 8.30. The van der Waals surface area contributed by atoms with Gasteiger partial charge in [-0.25, -0.2) is 10.6 Å². The summed E-state index contributed by atoms with van der Waals surface area (Å²) >= 11 is 0. The van der Waals surface area contributed by atoms with Crippen LogP contribution in [0, 0.1) is 0 Å². The van der Waals surface area contributed by atoms with E-state index in [9.17, 15) is 14.4 Å². The van der Waals surface area contributed by atoms with Crippen molar-refractivity contribution >= 4 is 34.4 Å². The second-order valence-electron chi connectivity index (χ2n) is 8.30. The zero-order valence-electron chi connectivity index (χ0n) is 20.1. The van der Waals surface area contributed by atoms with Gasteiger partial charge in [-0.2, -0.15) is 0 Å². The molecule has 2 atom stereocenters. The third-order valence-corrected chi connectivity index (χ3v) is 5.82. The second kappa shape index (κ2) is 12.5. The number of hydrazine groups is 1. The van der Waals surface area contributed by atoms with Crippen molar-refractivity contribution in [3.8, 4) is 0 Å². The predicted molar refractivity (Wildman–Crippen MR) is 136 cm³/mol. The zero-order chi connectivity index (χ0) is 25.2. The molecule has 3 rings (SSSR count). The Hall–Kier alpha value is -3.91. The van der Waals surface area contributed by atoms with Gasteiger partial charge >= 0.3 is 6.09 Å². The van der Waals surface area contributed by atoms with Crippen LogP contribution in [0.3, 0.4) is 0 Å². The van der Waals surface area contributed by atoms with Crippen LogP contribution in [-0.2, 0) is 20.9 Å². The van der Waals surface area contributed by atoms with Crippen LogP contribution in [0.25, 0.3) is 10.8 Å². The van der Waals surface area contributed by atoms with Crippen LogP contribution in [0.1, 0.15) is 38.7 Å². The van der Waals surface area contributed by atoms with E-state index < -0.39 is 30.0 Å². The number of carbonyl (C=O) groups excluding carboxylic acids is 3. The summed E-state index contributed by atoms with van der Waals surface area (Å²) in [5, 5.41) is 4.47. The van der Waals surface area contributed by atoms with E-state index in [0.717, 1.165) is 29.2 Å². The van der Waals surface area contributed by atoms with Gasteiger partial charge in [-0.05, 0) is 30.4 Å². The highest BCUT2D eigenvalue weighted by molar-refractivity contribution is 6.05. The van der Waals surface area contributed by atoms with E-state index in [1.54, 1.807) is 13.0 Å². The van der Waals surface area contributed by atoms with Crippen molar-refractivity contribution in [2.45, 2.75) is 51.8 Å². The summed E-state index contributed by atoms with van der Waals surface area (Å²) in [6.45, 7) is 3.66. The van der Waals surface area contributed by atoms with Crippen molar-refractivity contribution in [2.75, 3.05) is 4.90 Å². The summed E-state index contributed by atoms with van der Waals surface area (Å²) in [5.41, 5.74) is 3.47. The lowest BCUT2D eigenvalue weighted by molar-refractivity contribution is -0.129. The van der Waals surface area contributed by atoms with Crippen molar-refractivity contribution in [3.63, 3.8) is 0 Å². The van der Waals surface area contributed by atoms with Gasteiger partial charge in [-0.1, -0.05) is 86.5 Å². The molecule has 0 aliphatic carbocycles. The minimum Gasteiger partial charge on any atom is -0.444 e. The fraction of sp³-hybridized carbons (Fsp3) is 0.296. The molecule has 0 saturated carbocycles. The minimum absolute atomic E-state index is 0.0595. The number of hydrogen-bond acceptors (Lipinski definition) is 5. The van der Waals surface area contributed by atoms with Gasteiger partial charge in [0.2, 0.25) is 5.91 Å². The molecule has 3 aromatic carbocycles. The van der Waals surface area contributed by atoms with Gasteiger partial charge in [0.25, 0.3) is 5.91 Å². The lowest BCUT2D eigenvalue weighted by Gasteiger charge is -2.30. The predicted octanol–water partition coefficient (Wildman–Crippen LogP) is 4.04. The van der Waals surface area contributed by atoms with Gasteiger partial charge in [-0.15, -0.1) is 0 Å². The molecule has 35 heavy (non-hydrogen) atoms. The van der Waals surface area contributed by atoms with Crippen LogP contribution in [0.15, 0.2) is 72.8 Å². The van der Waals surface area contributed by atoms with Gasteiger partial charge in [0.15, 0.2) is 0 Å². The van der Waals surface area contributed by atoms with Crippen molar-refractivity contribution in [2.24, 2.45) is 5.84 Å².